The molecule has 1 amide bonds. The Morgan fingerprint density at radius 1 is 0.373 bits per heavy atom. The lowest BCUT2D eigenvalue weighted by atomic mass is 10.0. The van der Waals surface area contributed by atoms with Gasteiger partial charge in [-0.2, -0.15) is 0 Å². The van der Waals surface area contributed by atoms with Crippen LogP contribution in [0, 0.1) is 0 Å². The van der Waals surface area contributed by atoms with Crippen molar-refractivity contribution >= 4 is 11.9 Å². The molecule has 0 aromatic heterocycles. The minimum absolute atomic E-state index is 0.00536. The van der Waals surface area contributed by atoms with Crippen molar-refractivity contribution in [3.63, 3.8) is 0 Å². The van der Waals surface area contributed by atoms with Crippen molar-refractivity contribution in [1.29, 1.82) is 0 Å². The van der Waals surface area contributed by atoms with Crippen LogP contribution in [0.4, 0.5) is 0 Å². The van der Waals surface area contributed by atoms with E-state index in [0.29, 0.717) is 19.4 Å². The first kappa shape index (κ1) is 73.1. The third-order valence-corrected chi connectivity index (χ3v) is 15.7. The summed E-state index contributed by atoms with van der Waals surface area (Å²) in [5.41, 5.74) is 0. The summed E-state index contributed by atoms with van der Waals surface area (Å²) in [6.45, 7) is 4.90. The quantitative estimate of drug-likeness (QED) is 0.0320. The van der Waals surface area contributed by atoms with E-state index < -0.39 is 12.1 Å². The van der Waals surface area contributed by atoms with Crippen molar-refractivity contribution in [2.45, 2.75) is 379 Å². The van der Waals surface area contributed by atoms with Crippen LogP contribution >= 0.6 is 0 Å². The van der Waals surface area contributed by atoms with E-state index in [0.717, 1.165) is 51.4 Å². The van der Waals surface area contributed by atoms with Crippen LogP contribution in [0.5, 0.6) is 0 Å². The number of ether oxygens (including phenoxy) is 1. The summed E-state index contributed by atoms with van der Waals surface area (Å²) in [4.78, 5) is 24.6. The molecule has 75 heavy (non-hydrogen) atoms. The third-order valence-electron chi connectivity index (χ3n) is 15.7. The summed E-state index contributed by atoms with van der Waals surface area (Å²) in [7, 11) is 0. The predicted molar refractivity (Wildman–Crippen MR) is 329 cm³/mol. The molecule has 0 radical (unpaired) electrons. The van der Waals surface area contributed by atoms with Crippen LogP contribution < -0.4 is 5.32 Å². The van der Waals surface area contributed by atoms with Crippen LogP contribution in [-0.4, -0.2) is 47.4 Å². The molecule has 0 spiro atoms. The van der Waals surface area contributed by atoms with Gasteiger partial charge in [0.05, 0.1) is 25.4 Å². The average molecular weight is 1050 g/mol. The van der Waals surface area contributed by atoms with Gasteiger partial charge in [0.25, 0.3) is 0 Å². The van der Waals surface area contributed by atoms with Crippen LogP contribution in [0.25, 0.3) is 0 Å². The Balaban J connectivity index is 3.40. The average Bonchev–Trinajstić information content (AvgIpc) is 3.41. The molecule has 0 bridgehead atoms. The van der Waals surface area contributed by atoms with Gasteiger partial charge in [-0.05, 0) is 64.2 Å². The number of aliphatic hydroxyl groups excluding tert-OH is 2. The molecule has 0 rings (SSSR count). The lowest BCUT2D eigenvalue weighted by Crippen LogP contribution is -2.45. The van der Waals surface area contributed by atoms with Gasteiger partial charge in [-0.3, -0.25) is 9.59 Å². The minimum Gasteiger partial charge on any atom is -0.466 e. The van der Waals surface area contributed by atoms with Crippen molar-refractivity contribution in [1.82, 2.24) is 5.32 Å². The summed E-state index contributed by atoms with van der Waals surface area (Å²) >= 11 is 0. The van der Waals surface area contributed by atoms with E-state index in [1.54, 1.807) is 6.08 Å². The number of hydrogen-bond acceptors (Lipinski definition) is 5. The van der Waals surface area contributed by atoms with Gasteiger partial charge in [-0.1, -0.05) is 326 Å². The molecular weight excluding hydrogens is 923 g/mol. The number of unbranched alkanes of at least 4 members (excludes halogenated alkanes) is 48. The molecule has 0 aromatic carbocycles. The third kappa shape index (κ3) is 61.2. The molecule has 0 aliphatic heterocycles. The molecule has 3 N–H and O–H groups in total. The Kier molecular flexibility index (Phi) is 63.0. The van der Waals surface area contributed by atoms with E-state index in [1.165, 1.54) is 289 Å². The molecule has 0 aliphatic carbocycles. The normalized spacial score (nSPS) is 12.7. The first-order chi connectivity index (χ1) is 37.0. The SMILES string of the molecule is CCCCC/C=C\C/C=C\CCCCCCCCCC(=O)OCCCCCCCCCCCCCCCCCCCCCCCCC(=O)NC(CO)C(O)/C=C/CCCCCCCCCCCCCCCCCCC. The van der Waals surface area contributed by atoms with Crippen LogP contribution in [0.15, 0.2) is 36.5 Å². The highest BCUT2D eigenvalue weighted by molar-refractivity contribution is 5.76. The summed E-state index contributed by atoms with van der Waals surface area (Å²) < 4.78 is 5.49. The molecule has 6 nitrogen and oxygen atoms in total. The van der Waals surface area contributed by atoms with E-state index in [2.05, 4.69) is 43.5 Å². The molecule has 442 valence electrons. The summed E-state index contributed by atoms with van der Waals surface area (Å²) in [6.07, 6.45) is 82.0. The monoisotopic (exact) mass is 1050 g/mol. The Morgan fingerprint density at radius 3 is 1.04 bits per heavy atom. The highest BCUT2D eigenvalue weighted by Crippen LogP contribution is 2.18. The number of aliphatic hydroxyl groups is 2. The number of allylic oxidation sites excluding steroid dienone is 5. The van der Waals surface area contributed by atoms with Gasteiger partial charge < -0.3 is 20.3 Å². The predicted octanol–water partition coefficient (Wildman–Crippen LogP) is 21.5. The van der Waals surface area contributed by atoms with Crippen LogP contribution in [0.1, 0.15) is 367 Å². The topological polar surface area (TPSA) is 95.9 Å². The van der Waals surface area contributed by atoms with Crippen molar-refractivity contribution < 1.29 is 24.5 Å². The Morgan fingerprint density at radius 2 is 0.667 bits per heavy atom. The highest BCUT2D eigenvalue weighted by atomic mass is 16.5. The lowest BCUT2D eigenvalue weighted by Gasteiger charge is -2.20. The van der Waals surface area contributed by atoms with Gasteiger partial charge >= 0.3 is 5.97 Å². The molecule has 0 fully saturated rings. The molecule has 0 aromatic rings. The Hall–Kier alpha value is -1.92. The fraction of sp³-hybridized carbons (Fsp3) is 0.884. The summed E-state index contributed by atoms with van der Waals surface area (Å²) in [6, 6.07) is -0.629. The number of rotatable bonds is 63. The van der Waals surface area contributed by atoms with Crippen LogP contribution in [0.3, 0.4) is 0 Å². The van der Waals surface area contributed by atoms with Gasteiger partial charge in [-0.25, -0.2) is 0 Å². The summed E-state index contributed by atoms with van der Waals surface area (Å²) in [5.74, 6) is -0.0600. The first-order valence-corrected chi connectivity index (χ1v) is 33.8. The van der Waals surface area contributed by atoms with Crippen molar-refractivity contribution in [3.05, 3.63) is 36.5 Å². The zero-order valence-electron chi connectivity index (χ0n) is 50.5. The molecule has 6 heteroatoms. The van der Waals surface area contributed by atoms with Gasteiger partial charge in [0, 0.05) is 12.8 Å². The van der Waals surface area contributed by atoms with E-state index in [9.17, 15) is 19.8 Å². The molecule has 2 atom stereocenters. The van der Waals surface area contributed by atoms with Crippen LogP contribution in [0.2, 0.25) is 0 Å². The van der Waals surface area contributed by atoms with Crippen molar-refractivity contribution in [2.75, 3.05) is 13.2 Å². The van der Waals surface area contributed by atoms with E-state index in [1.807, 2.05) is 6.08 Å². The molecule has 0 saturated heterocycles. The molecule has 0 heterocycles. The van der Waals surface area contributed by atoms with Gasteiger partial charge in [0.2, 0.25) is 5.91 Å². The Labute approximate surface area is 468 Å². The smallest absolute Gasteiger partial charge is 0.305 e. The molecule has 0 aliphatic rings. The molecule has 2 unspecified atom stereocenters. The van der Waals surface area contributed by atoms with E-state index in [-0.39, 0.29) is 18.5 Å². The number of esters is 1. The van der Waals surface area contributed by atoms with Crippen molar-refractivity contribution in [2.24, 2.45) is 0 Å². The molecular formula is C69H131NO5. The largest absolute Gasteiger partial charge is 0.466 e. The summed E-state index contributed by atoms with van der Waals surface area (Å²) in [5, 5.41) is 23.2. The van der Waals surface area contributed by atoms with E-state index in [4.69, 9.17) is 4.74 Å². The minimum atomic E-state index is -0.846. The Bertz CT molecular complexity index is 1210. The van der Waals surface area contributed by atoms with E-state index >= 15 is 0 Å². The maximum Gasteiger partial charge on any atom is 0.305 e. The van der Waals surface area contributed by atoms with Gasteiger partial charge in [0.1, 0.15) is 0 Å². The second-order valence-corrected chi connectivity index (χ2v) is 23.2. The molecule has 0 saturated carbocycles. The fourth-order valence-electron chi connectivity index (χ4n) is 10.5. The highest BCUT2D eigenvalue weighted by Gasteiger charge is 2.18. The second-order valence-electron chi connectivity index (χ2n) is 23.2. The second kappa shape index (κ2) is 64.6. The van der Waals surface area contributed by atoms with Gasteiger partial charge in [-0.15, -0.1) is 0 Å². The lowest BCUT2D eigenvalue weighted by molar-refractivity contribution is -0.143. The number of hydrogen-bond donors (Lipinski definition) is 3. The number of nitrogens with one attached hydrogen (secondary N) is 1. The fourth-order valence-corrected chi connectivity index (χ4v) is 10.5. The number of amides is 1. The zero-order valence-corrected chi connectivity index (χ0v) is 50.5. The van der Waals surface area contributed by atoms with Crippen molar-refractivity contribution in [3.8, 4) is 0 Å². The number of carbonyl (C=O) groups excluding carboxylic acids is 2. The standard InChI is InChI=1S/C69H131NO5/c1-3-5-7-9-11-13-15-17-19-21-26-30-33-37-41-45-49-53-57-61-67(72)66(65-71)70-68(73)62-58-54-50-46-42-38-34-31-27-24-22-23-25-28-32-36-40-44-48-52-56-60-64-75-69(74)63-59-55-51-47-43-39-35-29-20-18-16-14-12-10-8-6-4-2/h12,14,18,20,57,61,66-67,71-72H,3-11,13,15-17,19,21-56,58-60,62-65H2,1-2H3,(H,70,73)/b14-12-,20-18-,61-57+. The van der Waals surface area contributed by atoms with Gasteiger partial charge in [0.15, 0.2) is 0 Å². The zero-order chi connectivity index (χ0) is 54.3. The van der Waals surface area contributed by atoms with Crippen LogP contribution in [-0.2, 0) is 14.3 Å². The number of carbonyl (C=O) groups is 2. The maximum absolute atomic E-state index is 12.5. The first-order valence-electron chi connectivity index (χ1n) is 33.8. The maximum atomic E-state index is 12.5.